The fraction of sp³-hybridized carbons (Fsp3) is 0.429. The van der Waals surface area contributed by atoms with E-state index in [1.807, 2.05) is 25.1 Å². The summed E-state index contributed by atoms with van der Waals surface area (Å²) < 4.78 is 0.884. The Morgan fingerprint density at radius 1 is 1.45 bits per heavy atom. The van der Waals surface area contributed by atoms with Crippen LogP contribution >= 0.6 is 15.9 Å². The van der Waals surface area contributed by atoms with Crippen LogP contribution in [0.25, 0.3) is 0 Å². The van der Waals surface area contributed by atoms with Gasteiger partial charge in [0.25, 0.3) is 0 Å². The average molecular weight is 341 g/mol. The second-order valence-electron chi connectivity index (χ2n) is 5.43. The summed E-state index contributed by atoms with van der Waals surface area (Å²) in [4.78, 5) is 24.9. The van der Waals surface area contributed by atoms with Crippen molar-refractivity contribution in [3.63, 3.8) is 0 Å². The van der Waals surface area contributed by atoms with Gasteiger partial charge in [0.2, 0.25) is 0 Å². The molecule has 0 aliphatic carbocycles. The minimum atomic E-state index is -0.855. The number of nitrogens with one attached hydrogen (secondary N) is 1. The van der Waals surface area contributed by atoms with Crippen molar-refractivity contribution >= 4 is 33.6 Å². The molecule has 5 nitrogen and oxygen atoms in total. The minimum Gasteiger partial charge on any atom is -0.481 e. The highest BCUT2D eigenvalue weighted by molar-refractivity contribution is 9.10. The van der Waals surface area contributed by atoms with E-state index >= 15 is 0 Å². The molecule has 1 fully saturated rings. The normalized spacial score (nSPS) is 21.9. The monoisotopic (exact) mass is 340 g/mol. The third-order valence-electron chi connectivity index (χ3n) is 3.72. The lowest BCUT2D eigenvalue weighted by molar-refractivity contribution is -0.146. The topological polar surface area (TPSA) is 69.6 Å². The number of carboxylic acids is 1. The van der Waals surface area contributed by atoms with Gasteiger partial charge < -0.3 is 15.3 Å². The lowest BCUT2D eigenvalue weighted by Crippen LogP contribution is -2.37. The first-order chi connectivity index (χ1) is 9.32. The number of aliphatic carboxylic acids is 1. The number of carbonyl (C=O) groups is 2. The number of anilines is 1. The zero-order valence-corrected chi connectivity index (χ0v) is 13.0. The largest absolute Gasteiger partial charge is 0.481 e. The Kier molecular flexibility index (Phi) is 4.04. The minimum absolute atomic E-state index is 0.237. The number of hydrogen-bond acceptors (Lipinski definition) is 2. The van der Waals surface area contributed by atoms with E-state index in [0.717, 1.165) is 15.7 Å². The summed E-state index contributed by atoms with van der Waals surface area (Å²) in [5.41, 5.74) is 0.846. The maximum absolute atomic E-state index is 12.2. The Morgan fingerprint density at radius 3 is 2.75 bits per heavy atom. The highest BCUT2D eigenvalue weighted by atomic mass is 79.9. The maximum atomic E-state index is 12.2. The quantitative estimate of drug-likeness (QED) is 0.869. The molecule has 6 heteroatoms. The molecule has 2 amide bonds. The van der Waals surface area contributed by atoms with Crippen LogP contribution in [0.2, 0.25) is 0 Å². The van der Waals surface area contributed by atoms with E-state index in [1.165, 1.54) is 0 Å². The molecule has 1 aliphatic rings. The molecule has 0 saturated carbocycles. The van der Waals surface area contributed by atoms with Crippen LogP contribution in [0.4, 0.5) is 10.5 Å². The molecule has 1 atom stereocenters. The molecule has 0 spiro atoms. The first kappa shape index (κ1) is 14.8. The number of nitrogens with zero attached hydrogens (tertiary/aromatic N) is 1. The van der Waals surface area contributed by atoms with Crippen molar-refractivity contribution in [3.8, 4) is 0 Å². The van der Waals surface area contributed by atoms with Gasteiger partial charge in [-0.2, -0.15) is 0 Å². The van der Waals surface area contributed by atoms with E-state index < -0.39 is 11.4 Å². The number of halogens is 1. The third kappa shape index (κ3) is 2.95. The van der Waals surface area contributed by atoms with Crippen LogP contribution in [0.15, 0.2) is 22.7 Å². The van der Waals surface area contributed by atoms with Crippen LogP contribution in [0.1, 0.15) is 18.9 Å². The van der Waals surface area contributed by atoms with Crippen LogP contribution in [-0.2, 0) is 4.79 Å². The zero-order chi connectivity index (χ0) is 14.9. The van der Waals surface area contributed by atoms with Crippen molar-refractivity contribution in [1.29, 1.82) is 0 Å². The zero-order valence-electron chi connectivity index (χ0n) is 11.4. The van der Waals surface area contributed by atoms with Crippen molar-refractivity contribution in [3.05, 3.63) is 28.2 Å². The first-order valence-electron chi connectivity index (χ1n) is 6.37. The smallest absolute Gasteiger partial charge is 0.321 e. The van der Waals surface area contributed by atoms with Crippen molar-refractivity contribution in [2.45, 2.75) is 20.3 Å². The van der Waals surface area contributed by atoms with Gasteiger partial charge in [0, 0.05) is 23.2 Å². The molecule has 0 aromatic heterocycles. The lowest BCUT2D eigenvalue weighted by atomic mass is 9.90. The second-order valence-corrected chi connectivity index (χ2v) is 6.34. The van der Waals surface area contributed by atoms with Crippen molar-refractivity contribution in [2.24, 2.45) is 5.41 Å². The van der Waals surface area contributed by atoms with E-state index in [9.17, 15) is 14.7 Å². The summed E-state index contributed by atoms with van der Waals surface area (Å²) >= 11 is 3.36. The molecular weight excluding hydrogens is 324 g/mol. The molecule has 1 aromatic rings. The first-order valence-corrected chi connectivity index (χ1v) is 7.17. The summed E-state index contributed by atoms with van der Waals surface area (Å²) in [5.74, 6) is -0.855. The van der Waals surface area contributed by atoms with Gasteiger partial charge >= 0.3 is 12.0 Å². The molecule has 1 aliphatic heterocycles. The van der Waals surface area contributed by atoms with Gasteiger partial charge in [-0.25, -0.2) is 4.79 Å². The van der Waals surface area contributed by atoms with Crippen molar-refractivity contribution < 1.29 is 14.7 Å². The highest BCUT2D eigenvalue weighted by Crippen LogP contribution is 2.30. The Labute approximate surface area is 126 Å². The van der Waals surface area contributed by atoms with Crippen LogP contribution in [0.3, 0.4) is 0 Å². The van der Waals surface area contributed by atoms with Gasteiger partial charge in [-0.3, -0.25) is 4.79 Å². The number of aryl methyl sites for hydroxylation is 1. The van der Waals surface area contributed by atoms with Crippen LogP contribution < -0.4 is 5.32 Å². The SMILES string of the molecule is Cc1ccc(Br)cc1NC(=O)N1CCC(C)(C(=O)O)C1. The summed E-state index contributed by atoms with van der Waals surface area (Å²) in [6, 6.07) is 5.39. The Balaban J connectivity index is 2.07. The van der Waals surface area contributed by atoms with Crippen LogP contribution in [-0.4, -0.2) is 35.1 Å². The van der Waals surface area contributed by atoms with Gasteiger partial charge in [0.1, 0.15) is 0 Å². The van der Waals surface area contributed by atoms with E-state index in [0.29, 0.717) is 13.0 Å². The number of likely N-dealkylation sites (tertiary alicyclic amines) is 1. The van der Waals surface area contributed by atoms with Crippen molar-refractivity contribution in [1.82, 2.24) is 4.90 Å². The predicted octanol–water partition coefficient (Wildman–Crippen LogP) is 3.09. The molecule has 1 heterocycles. The molecule has 2 rings (SSSR count). The molecule has 1 unspecified atom stereocenters. The van der Waals surface area contributed by atoms with Gasteiger partial charge in [-0.15, -0.1) is 0 Å². The summed E-state index contributed by atoms with van der Waals surface area (Å²) in [7, 11) is 0. The number of carbonyl (C=O) groups excluding carboxylic acids is 1. The lowest BCUT2D eigenvalue weighted by Gasteiger charge is -2.21. The molecule has 2 N–H and O–H groups in total. The predicted molar refractivity (Wildman–Crippen MR) is 79.8 cm³/mol. The Morgan fingerprint density at radius 2 is 2.15 bits per heavy atom. The number of carboxylic acid groups (broad SMARTS) is 1. The molecule has 1 aromatic carbocycles. The number of urea groups is 1. The van der Waals surface area contributed by atoms with Crippen molar-refractivity contribution in [2.75, 3.05) is 18.4 Å². The fourth-order valence-corrected chi connectivity index (χ4v) is 2.59. The van der Waals surface area contributed by atoms with Gasteiger partial charge in [0.15, 0.2) is 0 Å². The number of rotatable bonds is 2. The van der Waals surface area contributed by atoms with Gasteiger partial charge in [-0.05, 0) is 38.0 Å². The number of hydrogen-bond donors (Lipinski definition) is 2. The van der Waals surface area contributed by atoms with Gasteiger partial charge in [0.05, 0.1) is 5.41 Å². The Hall–Kier alpha value is -1.56. The molecule has 1 saturated heterocycles. The molecule has 108 valence electrons. The van der Waals surface area contributed by atoms with Crippen LogP contribution in [0.5, 0.6) is 0 Å². The fourth-order valence-electron chi connectivity index (χ4n) is 2.23. The van der Waals surface area contributed by atoms with E-state index in [1.54, 1.807) is 11.8 Å². The standard InChI is InChI=1S/C14H17BrN2O3/c1-9-3-4-10(15)7-11(9)16-13(20)17-6-5-14(2,8-17)12(18)19/h3-4,7H,5-6,8H2,1-2H3,(H,16,20)(H,18,19). The highest BCUT2D eigenvalue weighted by Gasteiger charge is 2.42. The molecule has 0 bridgehead atoms. The van der Waals surface area contributed by atoms with E-state index in [2.05, 4.69) is 21.2 Å². The summed E-state index contributed by atoms with van der Waals surface area (Å²) in [6.45, 7) is 4.28. The third-order valence-corrected chi connectivity index (χ3v) is 4.21. The maximum Gasteiger partial charge on any atom is 0.321 e. The molecule has 0 radical (unpaired) electrons. The van der Waals surface area contributed by atoms with Gasteiger partial charge in [-0.1, -0.05) is 22.0 Å². The van der Waals surface area contributed by atoms with Crippen LogP contribution in [0, 0.1) is 12.3 Å². The second kappa shape index (κ2) is 5.44. The van der Waals surface area contributed by atoms with E-state index in [4.69, 9.17) is 0 Å². The average Bonchev–Trinajstić information content (AvgIpc) is 2.78. The summed E-state index contributed by atoms with van der Waals surface area (Å²) in [5, 5.41) is 12.0. The number of benzene rings is 1. The number of amides is 2. The van der Waals surface area contributed by atoms with E-state index in [-0.39, 0.29) is 12.6 Å². The Bertz CT molecular complexity index is 561. The molecular formula is C14H17BrN2O3. The summed E-state index contributed by atoms with van der Waals surface area (Å²) in [6.07, 6.45) is 0.479. The molecule has 20 heavy (non-hydrogen) atoms.